The average Bonchev–Trinajstić information content (AvgIpc) is 2.20. The highest BCUT2D eigenvalue weighted by molar-refractivity contribution is 5.69. The number of hydrogen-bond acceptors (Lipinski definition) is 2. The Hall–Kier alpha value is -1.54. The maximum absolute atomic E-state index is 9.46. The fraction of sp³-hybridized carbons (Fsp3) is 0.0909. The van der Waals surface area contributed by atoms with E-state index in [1.165, 1.54) is 6.26 Å². The van der Waals surface area contributed by atoms with E-state index in [-0.39, 0.29) is 0 Å². The van der Waals surface area contributed by atoms with Crippen molar-refractivity contribution in [3.05, 3.63) is 54.3 Å². The molecule has 1 N–H and O–H groups in total. The Balaban J connectivity index is 2.35. The third-order valence-corrected chi connectivity index (χ3v) is 1.85. The summed E-state index contributed by atoms with van der Waals surface area (Å²) in [6, 6.07) is 10.5. The van der Waals surface area contributed by atoms with Crippen LogP contribution < -0.4 is 0 Å². The van der Waals surface area contributed by atoms with Gasteiger partial charge < -0.3 is 9.84 Å². The molecule has 0 aromatic heterocycles. The van der Waals surface area contributed by atoms with Gasteiger partial charge in [-0.15, -0.1) is 0 Å². The molecular formula is C11H9O2. The SMILES string of the molecule is OC1OC=CC=C1c1[c]cccc1. The molecule has 1 atom stereocenters. The minimum absolute atomic E-state index is 0.739. The van der Waals surface area contributed by atoms with Gasteiger partial charge in [-0.2, -0.15) is 0 Å². The third kappa shape index (κ3) is 1.63. The number of ether oxygens (including phenoxy) is 1. The summed E-state index contributed by atoms with van der Waals surface area (Å²) in [6.45, 7) is 0. The topological polar surface area (TPSA) is 29.5 Å². The number of hydrogen-bond donors (Lipinski definition) is 1. The van der Waals surface area contributed by atoms with Gasteiger partial charge in [0, 0.05) is 5.57 Å². The molecule has 65 valence electrons. The van der Waals surface area contributed by atoms with Gasteiger partial charge in [0.2, 0.25) is 6.29 Å². The van der Waals surface area contributed by atoms with Crippen LogP contribution in [0.25, 0.3) is 5.57 Å². The van der Waals surface area contributed by atoms with Crippen LogP contribution in [-0.4, -0.2) is 11.4 Å². The summed E-state index contributed by atoms with van der Waals surface area (Å²) < 4.78 is 4.93. The van der Waals surface area contributed by atoms with Gasteiger partial charge >= 0.3 is 0 Å². The summed E-state index contributed by atoms with van der Waals surface area (Å²) in [5.74, 6) is 0. The van der Waals surface area contributed by atoms with Gasteiger partial charge in [0.25, 0.3) is 0 Å². The van der Waals surface area contributed by atoms with E-state index in [0.29, 0.717) is 0 Å². The quantitative estimate of drug-likeness (QED) is 0.700. The molecule has 0 saturated heterocycles. The van der Waals surface area contributed by atoms with Crippen molar-refractivity contribution in [1.82, 2.24) is 0 Å². The van der Waals surface area contributed by atoms with Crippen molar-refractivity contribution in [3.63, 3.8) is 0 Å². The lowest BCUT2D eigenvalue weighted by atomic mass is 10.0. The second-order valence-corrected chi connectivity index (χ2v) is 2.72. The molecule has 1 aliphatic rings. The molecule has 1 aromatic carbocycles. The van der Waals surface area contributed by atoms with E-state index in [9.17, 15) is 5.11 Å². The molecule has 1 radical (unpaired) electrons. The Kier molecular flexibility index (Phi) is 2.15. The maximum Gasteiger partial charge on any atom is 0.223 e. The highest BCUT2D eigenvalue weighted by Crippen LogP contribution is 2.21. The highest BCUT2D eigenvalue weighted by Gasteiger charge is 2.14. The predicted octanol–water partition coefficient (Wildman–Crippen LogP) is 1.73. The first-order valence-electron chi connectivity index (χ1n) is 4.05. The first kappa shape index (κ1) is 8.08. The van der Waals surface area contributed by atoms with E-state index in [1.54, 1.807) is 12.1 Å². The smallest absolute Gasteiger partial charge is 0.223 e. The number of allylic oxidation sites excluding steroid dienone is 2. The second-order valence-electron chi connectivity index (χ2n) is 2.72. The van der Waals surface area contributed by atoms with Crippen LogP contribution in [0.4, 0.5) is 0 Å². The van der Waals surface area contributed by atoms with Crippen LogP contribution in [0, 0.1) is 6.07 Å². The zero-order valence-corrected chi connectivity index (χ0v) is 6.97. The Bertz CT molecular complexity index is 338. The highest BCUT2D eigenvalue weighted by atomic mass is 16.6. The van der Waals surface area contributed by atoms with Crippen LogP contribution in [0.3, 0.4) is 0 Å². The molecule has 0 amide bonds. The van der Waals surface area contributed by atoms with E-state index >= 15 is 0 Å². The molecule has 1 aliphatic heterocycles. The van der Waals surface area contributed by atoms with Crippen LogP contribution in [0.2, 0.25) is 0 Å². The molecule has 0 spiro atoms. The summed E-state index contributed by atoms with van der Waals surface area (Å²) in [4.78, 5) is 0. The van der Waals surface area contributed by atoms with E-state index in [1.807, 2.05) is 24.3 Å². The van der Waals surface area contributed by atoms with Crippen molar-refractivity contribution in [2.45, 2.75) is 6.29 Å². The number of aliphatic hydroxyl groups is 1. The lowest BCUT2D eigenvalue weighted by Crippen LogP contribution is -2.13. The zero-order valence-electron chi connectivity index (χ0n) is 6.97. The summed E-state index contributed by atoms with van der Waals surface area (Å²) in [6.07, 6.45) is 4.17. The van der Waals surface area contributed by atoms with Gasteiger partial charge in [-0.3, -0.25) is 0 Å². The molecule has 2 rings (SSSR count). The van der Waals surface area contributed by atoms with Crippen molar-refractivity contribution in [2.75, 3.05) is 0 Å². The van der Waals surface area contributed by atoms with Crippen molar-refractivity contribution in [1.29, 1.82) is 0 Å². The number of benzene rings is 1. The van der Waals surface area contributed by atoms with Crippen LogP contribution >= 0.6 is 0 Å². The van der Waals surface area contributed by atoms with Crippen LogP contribution in [0.15, 0.2) is 42.7 Å². The van der Waals surface area contributed by atoms with Crippen molar-refractivity contribution < 1.29 is 9.84 Å². The molecule has 1 unspecified atom stereocenters. The summed E-state index contributed by atoms with van der Waals surface area (Å²) in [5, 5.41) is 9.46. The molecule has 13 heavy (non-hydrogen) atoms. The monoisotopic (exact) mass is 173 g/mol. The molecule has 1 aromatic rings. The molecule has 2 heteroatoms. The van der Waals surface area contributed by atoms with Gasteiger partial charge in [-0.05, 0) is 23.8 Å². The van der Waals surface area contributed by atoms with Gasteiger partial charge in [0.1, 0.15) is 0 Å². The van der Waals surface area contributed by atoms with Gasteiger partial charge in [-0.1, -0.05) is 24.3 Å². The third-order valence-electron chi connectivity index (χ3n) is 1.85. The molecule has 1 heterocycles. The molecule has 0 bridgehead atoms. The summed E-state index contributed by atoms with van der Waals surface area (Å²) in [7, 11) is 0. The fourth-order valence-corrected chi connectivity index (χ4v) is 1.21. The first-order valence-corrected chi connectivity index (χ1v) is 4.05. The Morgan fingerprint density at radius 2 is 2.31 bits per heavy atom. The normalized spacial score (nSPS) is 20.7. The van der Waals surface area contributed by atoms with Gasteiger partial charge in [0.05, 0.1) is 6.26 Å². The Morgan fingerprint density at radius 3 is 3.00 bits per heavy atom. The largest absolute Gasteiger partial charge is 0.468 e. The molecule has 0 saturated carbocycles. The molecular weight excluding hydrogens is 164 g/mol. The standard InChI is InChI=1S/C11H9O2/c12-11-10(7-4-8-13-11)9-5-2-1-3-6-9/h1-5,7-8,11-12H. The lowest BCUT2D eigenvalue weighted by molar-refractivity contribution is -0.00449. The Labute approximate surface area is 76.8 Å². The number of aliphatic hydroxyl groups excluding tert-OH is 1. The minimum atomic E-state index is -0.872. The number of rotatable bonds is 1. The molecule has 0 fully saturated rings. The second kappa shape index (κ2) is 3.46. The Morgan fingerprint density at radius 1 is 1.38 bits per heavy atom. The fourth-order valence-electron chi connectivity index (χ4n) is 1.21. The predicted molar refractivity (Wildman–Crippen MR) is 49.5 cm³/mol. The minimum Gasteiger partial charge on any atom is -0.468 e. The first-order chi connectivity index (χ1) is 6.38. The van der Waals surface area contributed by atoms with E-state index in [2.05, 4.69) is 6.07 Å². The van der Waals surface area contributed by atoms with Crippen molar-refractivity contribution >= 4 is 5.57 Å². The lowest BCUT2D eigenvalue weighted by Gasteiger charge is -2.16. The zero-order chi connectivity index (χ0) is 9.10. The van der Waals surface area contributed by atoms with E-state index < -0.39 is 6.29 Å². The molecule has 2 nitrogen and oxygen atoms in total. The van der Waals surface area contributed by atoms with Crippen molar-refractivity contribution in [3.8, 4) is 0 Å². The van der Waals surface area contributed by atoms with Crippen molar-refractivity contribution in [2.24, 2.45) is 0 Å². The summed E-state index contributed by atoms with van der Waals surface area (Å²) in [5.41, 5.74) is 1.60. The summed E-state index contributed by atoms with van der Waals surface area (Å²) >= 11 is 0. The molecule has 0 aliphatic carbocycles. The van der Waals surface area contributed by atoms with E-state index in [0.717, 1.165) is 11.1 Å². The van der Waals surface area contributed by atoms with E-state index in [4.69, 9.17) is 4.74 Å². The van der Waals surface area contributed by atoms with Gasteiger partial charge in [0.15, 0.2) is 0 Å². The van der Waals surface area contributed by atoms with Crippen LogP contribution in [0.1, 0.15) is 5.56 Å². The maximum atomic E-state index is 9.46. The van der Waals surface area contributed by atoms with Crippen LogP contribution in [-0.2, 0) is 4.74 Å². The average molecular weight is 173 g/mol. The van der Waals surface area contributed by atoms with Crippen LogP contribution in [0.5, 0.6) is 0 Å². The van der Waals surface area contributed by atoms with Gasteiger partial charge in [-0.25, -0.2) is 0 Å².